The minimum atomic E-state index is 0.844. The molecule has 1 nitrogen and oxygen atoms in total. The van der Waals surface area contributed by atoms with Crippen LogP contribution in [0.3, 0.4) is 0 Å². The highest BCUT2D eigenvalue weighted by molar-refractivity contribution is 4.65. The zero-order chi connectivity index (χ0) is 7.94. The van der Waals surface area contributed by atoms with E-state index < -0.39 is 0 Å². The van der Waals surface area contributed by atoms with E-state index in [2.05, 4.69) is 7.11 Å². The molecule has 0 heterocycles. The Kier molecular flexibility index (Phi) is 4.60. The molecule has 1 aliphatic rings. The van der Waals surface area contributed by atoms with Crippen molar-refractivity contribution in [2.45, 2.75) is 44.9 Å². The van der Waals surface area contributed by atoms with E-state index in [0.29, 0.717) is 0 Å². The molecule has 1 aliphatic carbocycles. The number of rotatable bonds is 4. The summed E-state index contributed by atoms with van der Waals surface area (Å²) in [6, 6.07) is 0. The van der Waals surface area contributed by atoms with Crippen LogP contribution in [-0.2, 0) is 4.74 Å². The first-order valence-corrected chi connectivity index (χ1v) is 4.80. The molecule has 0 aromatic rings. The summed E-state index contributed by atoms with van der Waals surface area (Å²) in [6.45, 7) is 0.844. The first-order valence-electron chi connectivity index (χ1n) is 4.80. The smallest absolute Gasteiger partial charge is 0.0700 e. The summed E-state index contributed by atoms with van der Waals surface area (Å²) in [6.07, 6.45) is 9.84. The van der Waals surface area contributed by atoms with Crippen molar-refractivity contribution in [3.05, 3.63) is 7.11 Å². The lowest BCUT2D eigenvalue weighted by molar-refractivity contribution is 0.217. The molecule has 0 amide bonds. The maximum Gasteiger partial charge on any atom is 0.0700 e. The van der Waals surface area contributed by atoms with Crippen LogP contribution in [-0.4, -0.2) is 6.61 Å². The van der Waals surface area contributed by atoms with Crippen LogP contribution in [0, 0.1) is 13.0 Å². The highest BCUT2D eigenvalue weighted by Gasteiger charge is 2.12. The SMILES string of the molecule is [CH2]OCCCC1CCCCC1. The maximum absolute atomic E-state index is 4.78. The van der Waals surface area contributed by atoms with Crippen molar-refractivity contribution in [3.63, 3.8) is 0 Å². The first-order chi connectivity index (χ1) is 5.43. The van der Waals surface area contributed by atoms with E-state index in [1.54, 1.807) is 0 Å². The Hall–Kier alpha value is -0.0400. The Bertz CT molecular complexity index is 84.9. The number of hydrogen-bond acceptors (Lipinski definition) is 1. The first kappa shape index (κ1) is 9.05. The fourth-order valence-corrected chi connectivity index (χ4v) is 1.95. The van der Waals surface area contributed by atoms with Crippen molar-refractivity contribution >= 4 is 0 Å². The van der Waals surface area contributed by atoms with Crippen LogP contribution in [0.2, 0.25) is 0 Å². The van der Waals surface area contributed by atoms with Gasteiger partial charge in [0.15, 0.2) is 0 Å². The summed E-state index contributed by atoms with van der Waals surface area (Å²) in [7, 11) is 3.37. The summed E-state index contributed by atoms with van der Waals surface area (Å²) < 4.78 is 4.78. The lowest BCUT2D eigenvalue weighted by Crippen LogP contribution is -2.06. The molecule has 1 saturated carbocycles. The molecule has 0 saturated heterocycles. The van der Waals surface area contributed by atoms with Gasteiger partial charge in [-0.1, -0.05) is 32.1 Å². The van der Waals surface area contributed by atoms with Gasteiger partial charge in [0, 0.05) is 6.61 Å². The zero-order valence-corrected chi connectivity index (χ0v) is 7.35. The minimum Gasteiger partial charge on any atom is -0.379 e. The third-order valence-corrected chi connectivity index (χ3v) is 2.63. The van der Waals surface area contributed by atoms with Crippen LogP contribution >= 0.6 is 0 Å². The quantitative estimate of drug-likeness (QED) is 0.567. The Morgan fingerprint density at radius 3 is 2.55 bits per heavy atom. The molecule has 65 valence electrons. The average Bonchev–Trinajstić information content (AvgIpc) is 2.07. The molecule has 0 spiro atoms. The van der Waals surface area contributed by atoms with Crippen molar-refractivity contribution in [1.82, 2.24) is 0 Å². The largest absolute Gasteiger partial charge is 0.379 e. The molecule has 0 aliphatic heterocycles. The van der Waals surface area contributed by atoms with Gasteiger partial charge < -0.3 is 4.74 Å². The molecular weight excluding hydrogens is 136 g/mol. The highest BCUT2D eigenvalue weighted by Crippen LogP contribution is 2.26. The van der Waals surface area contributed by atoms with Gasteiger partial charge in [-0.2, -0.15) is 0 Å². The lowest BCUT2D eigenvalue weighted by atomic mass is 9.86. The minimum absolute atomic E-state index is 0.844. The molecule has 0 N–H and O–H groups in total. The van der Waals surface area contributed by atoms with Gasteiger partial charge in [0.2, 0.25) is 0 Å². The second kappa shape index (κ2) is 5.59. The molecule has 0 atom stereocenters. The molecular formula is C10H19O. The standard InChI is InChI=1S/C10H19O/c1-11-9-5-8-10-6-3-2-4-7-10/h10H,1-9H2. The van der Waals surface area contributed by atoms with Gasteiger partial charge in [0.05, 0.1) is 7.11 Å². The predicted molar refractivity (Wildman–Crippen MR) is 47.1 cm³/mol. The summed E-state index contributed by atoms with van der Waals surface area (Å²) in [5, 5.41) is 0. The molecule has 0 bridgehead atoms. The van der Waals surface area contributed by atoms with E-state index in [-0.39, 0.29) is 0 Å². The van der Waals surface area contributed by atoms with E-state index in [1.165, 1.54) is 44.9 Å². The lowest BCUT2D eigenvalue weighted by Gasteiger charge is -2.20. The third-order valence-electron chi connectivity index (χ3n) is 2.63. The molecule has 1 heteroatoms. The Morgan fingerprint density at radius 2 is 1.91 bits per heavy atom. The number of ether oxygens (including phenoxy) is 1. The van der Waals surface area contributed by atoms with E-state index in [9.17, 15) is 0 Å². The van der Waals surface area contributed by atoms with Crippen molar-refractivity contribution in [2.24, 2.45) is 5.92 Å². The van der Waals surface area contributed by atoms with Gasteiger partial charge in [-0.05, 0) is 18.8 Å². The Balaban J connectivity index is 1.96. The van der Waals surface area contributed by atoms with Crippen LogP contribution in [0.15, 0.2) is 0 Å². The Labute approximate surface area is 70.1 Å². The summed E-state index contributed by atoms with van der Waals surface area (Å²) in [5.74, 6) is 0.999. The fraction of sp³-hybridized carbons (Fsp3) is 0.900. The summed E-state index contributed by atoms with van der Waals surface area (Å²) in [4.78, 5) is 0. The normalized spacial score (nSPS) is 20.5. The second-order valence-corrected chi connectivity index (χ2v) is 3.55. The molecule has 1 radical (unpaired) electrons. The van der Waals surface area contributed by atoms with E-state index in [0.717, 1.165) is 12.5 Å². The van der Waals surface area contributed by atoms with Crippen LogP contribution < -0.4 is 0 Å². The average molecular weight is 155 g/mol. The van der Waals surface area contributed by atoms with Crippen LogP contribution in [0.1, 0.15) is 44.9 Å². The van der Waals surface area contributed by atoms with Gasteiger partial charge in [0.25, 0.3) is 0 Å². The van der Waals surface area contributed by atoms with Gasteiger partial charge in [-0.25, -0.2) is 0 Å². The maximum atomic E-state index is 4.78. The Morgan fingerprint density at radius 1 is 1.18 bits per heavy atom. The van der Waals surface area contributed by atoms with Gasteiger partial charge in [-0.15, -0.1) is 0 Å². The predicted octanol–water partition coefficient (Wildman–Crippen LogP) is 3.16. The number of hydrogen-bond donors (Lipinski definition) is 0. The monoisotopic (exact) mass is 155 g/mol. The highest BCUT2D eigenvalue weighted by atomic mass is 16.5. The molecule has 0 aromatic heterocycles. The van der Waals surface area contributed by atoms with E-state index >= 15 is 0 Å². The summed E-state index contributed by atoms with van der Waals surface area (Å²) >= 11 is 0. The topological polar surface area (TPSA) is 9.23 Å². The van der Waals surface area contributed by atoms with Gasteiger partial charge in [0.1, 0.15) is 0 Å². The third kappa shape index (κ3) is 3.76. The van der Waals surface area contributed by atoms with Gasteiger partial charge in [-0.3, -0.25) is 0 Å². The molecule has 1 fully saturated rings. The van der Waals surface area contributed by atoms with E-state index in [1.807, 2.05) is 0 Å². The van der Waals surface area contributed by atoms with Crippen molar-refractivity contribution in [2.75, 3.05) is 6.61 Å². The second-order valence-electron chi connectivity index (χ2n) is 3.55. The van der Waals surface area contributed by atoms with Crippen molar-refractivity contribution < 1.29 is 4.74 Å². The molecule has 11 heavy (non-hydrogen) atoms. The van der Waals surface area contributed by atoms with Crippen molar-refractivity contribution in [1.29, 1.82) is 0 Å². The van der Waals surface area contributed by atoms with Crippen molar-refractivity contribution in [3.8, 4) is 0 Å². The zero-order valence-electron chi connectivity index (χ0n) is 7.35. The van der Waals surface area contributed by atoms with Gasteiger partial charge >= 0.3 is 0 Å². The van der Waals surface area contributed by atoms with Crippen LogP contribution in [0.5, 0.6) is 0 Å². The van der Waals surface area contributed by atoms with Crippen LogP contribution in [0.25, 0.3) is 0 Å². The molecule has 0 unspecified atom stereocenters. The summed E-state index contributed by atoms with van der Waals surface area (Å²) in [5.41, 5.74) is 0. The molecule has 0 aromatic carbocycles. The van der Waals surface area contributed by atoms with E-state index in [4.69, 9.17) is 4.74 Å². The molecule has 1 rings (SSSR count). The van der Waals surface area contributed by atoms with Crippen LogP contribution in [0.4, 0.5) is 0 Å². The fourth-order valence-electron chi connectivity index (χ4n) is 1.95.